The standard InChI is InChI=1S/C18H28N4O2/c1-5-14(12-24-4)19-18(23)22(6-2)10-9-17-20-15-8-7-13(3)11-16(15)21-17/h7-8,11,14H,5-6,9-10,12H2,1-4H3,(H,19,23)(H,20,21)/t14-/m1/s1. The van der Waals surface area contributed by atoms with Crippen LogP contribution in [0, 0.1) is 6.92 Å². The number of aromatic amines is 1. The number of benzene rings is 1. The van der Waals surface area contributed by atoms with Crippen molar-refractivity contribution in [1.82, 2.24) is 20.2 Å². The molecule has 0 aliphatic rings. The third-order valence-electron chi connectivity index (χ3n) is 4.16. The summed E-state index contributed by atoms with van der Waals surface area (Å²) < 4.78 is 5.13. The minimum atomic E-state index is -0.0478. The number of urea groups is 1. The Labute approximate surface area is 143 Å². The predicted octanol–water partition coefficient (Wildman–Crippen LogP) is 2.87. The van der Waals surface area contributed by atoms with Gasteiger partial charge in [0.25, 0.3) is 0 Å². The number of rotatable bonds is 8. The van der Waals surface area contributed by atoms with Gasteiger partial charge in [0.1, 0.15) is 5.82 Å². The van der Waals surface area contributed by atoms with E-state index in [1.165, 1.54) is 5.56 Å². The van der Waals surface area contributed by atoms with E-state index in [2.05, 4.69) is 34.3 Å². The van der Waals surface area contributed by atoms with Crippen molar-refractivity contribution in [2.24, 2.45) is 0 Å². The van der Waals surface area contributed by atoms with Gasteiger partial charge in [-0.25, -0.2) is 9.78 Å². The van der Waals surface area contributed by atoms with Crippen molar-refractivity contribution in [2.75, 3.05) is 26.8 Å². The summed E-state index contributed by atoms with van der Waals surface area (Å²) in [7, 11) is 1.65. The van der Waals surface area contributed by atoms with E-state index < -0.39 is 0 Å². The van der Waals surface area contributed by atoms with Gasteiger partial charge >= 0.3 is 6.03 Å². The molecule has 0 saturated carbocycles. The number of carbonyl (C=O) groups excluding carboxylic acids is 1. The Morgan fingerprint density at radius 3 is 2.88 bits per heavy atom. The quantitative estimate of drug-likeness (QED) is 0.781. The molecule has 1 atom stereocenters. The fraction of sp³-hybridized carbons (Fsp3) is 0.556. The Morgan fingerprint density at radius 2 is 2.21 bits per heavy atom. The van der Waals surface area contributed by atoms with Gasteiger partial charge in [-0.05, 0) is 38.0 Å². The molecule has 2 amide bonds. The minimum Gasteiger partial charge on any atom is -0.383 e. The molecule has 6 nitrogen and oxygen atoms in total. The van der Waals surface area contributed by atoms with Crippen LogP contribution in [0.3, 0.4) is 0 Å². The third-order valence-corrected chi connectivity index (χ3v) is 4.16. The van der Waals surface area contributed by atoms with Crippen molar-refractivity contribution >= 4 is 17.1 Å². The van der Waals surface area contributed by atoms with Gasteiger partial charge in [-0.2, -0.15) is 0 Å². The number of hydrogen-bond acceptors (Lipinski definition) is 3. The van der Waals surface area contributed by atoms with Crippen molar-refractivity contribution in [2.45, 2.75) is 39.7 Å². The maximum atomic E-state index is 12.4. The van der Waals surface area contributed by atoms with Gasteiger partial charge in [0.2, 0.25) is 0 Å². The summed E-state index contributed by atoms with van der Waals surface area (Å²) in [6.07, 6.45) is 1.55. The number of methoxy groups -OCH3 is 1. The molecule has 2 rings (SSSR count). The van der Waals surface area contributed by atoms with Crippen LogP contribution < -0.4 is 5.32 Å². The zero-order chi connectivity index (χ0) is 17.5. The Morgan fingerprint density at radius 1 is 1.42 bits per heavy atom. The number of amides is 2. The number of likely N-dealkylation sites (N-methyl/N-ethyl adjacent to an activating group) is 1. The van der Waals surface area contributed by atoms with Crippen molar-refractivity contribution in [3.05, 3.63) is 29.6 Å². The number of ether oxygens (including phenoxy) is 1. The zero-order valence-corrected chi connectivity index (χ0v) is 15.1. The second-order valence-electron chi connectivity index (χ2n) is 6.04. The maximum Gasteiger partial charge on any atom is 0.317 e. The summed E-state index contributed by atoms with van der Waals surface area (Å²) in [4.78, 5) is 22.1. The monoisotopic (exact) mass is 332 g/mol. The first-order valence-corrected chi connectivity index (χ1v) is 8.57. The molecular weight excluding hydrogens is 304 g/mol. The van der Waals surface area contributed by atoms with Crippen LogP contribution in [0.25, 0.3) is 11.0 Å². The lowest BCUT2D eigenvalue weighted by Crippen LogP contribution is -2.46. The molecule has 24 heavy (non-hydrogen) atoms. The molecule has 1 aromatic heterocycles. The molecule has 0 spiro atoms. The number of H-pyrrole nitrogens is 1. The molecule has 2 N–H and O–H groups in total. The first-order chi connectivity index (χ1) is 11.6. The predicted molar refractivity (Wildman–Crippen MR) is 96.3 cm³/mol. The lowest BCUT2D eigenvalue weighted by molar-refractivity contribution is 0.153. The van der Waals surface area contributed by atoms with E-state index in [1.807, 2.05) is 19.9 Å². The Balaban J connectivity index is 1.95. The highest BCUT2D eigenvalue weighted by molar-refractivity contribution is 5.76. The van der Waals surface area contributed by atoms with Crippen LogP contribution in [0.15, 0.2) is 18.2 Å². The molecule has 0 fully saturated rings. The van der Waals surface area contributed by atoms with Crippen LogP contribution in [0.5, 0.6) is 0 Å². The molecule has 0 unspecified atom stereocenters. The van der Waals surface area contributed by atoms with Crippen LogP contribution in [-0.2, 0) is 11.2 Å². The summed E-state index contributed by atoms with van der Waals surface area (Å²) in [5.41, 5.74) is 3.22. The average Bonchev–Trinajstić information content (AvgIpc) is 2.96. The highest BCUT2D eigenvalue weighted by Gasteiger charge is 2.16. The minimum absolute atomic E-state index is 0.0470. The van der Waals surface area contributed by atoms with Crippen LogP contribution >= 0.6 is 0 Å². The van der Waals surface area contributed by atoms with E-state index in [-0.39, 0.29) is 12.1 Å². The molecule has 1 heterocycles. The number of nitrogens with one attached hydrogen (secondary N) is 2. The Hall–Kier alpha value is -2.08. The van der Waals surface area contributed by atoms with E-state index in [0.29, 0.717) is 26.1 Å². The fourth-order valence-corrected chi connectivity index (χ4v) is 2.67. The molecule has 2 aromatic rings. The second kappa shape index (κ2) is 8.68. The number of hydrogen-bond donors (Lipinski definition) is 2. The molecule has 1 aromatic carbocycles. The number of aryl methyl sites for hydroxylation is 1. The number of aromatic nitrogens is 2. The van der Waals surface area contributed by atoms with Gasteiger partial charge < -0.3 is 19.9 Å². The zero-order valence-electron chi connectivity index (χ0n) is 15.1. The van der Waals surface area contributed by atoms with Crippen molar-refractivity contribution in [3.63, 3.8) is 0 Å². The molecular formula is C18H28N4O2. The maximum absolute atomic E-state index is 12.4. The topological polar surface area (TPSA) is 70.2 Å². The summed E-state index contributed by atoms with van der Waals surface area (Å²) in [5.74, 6) is 0.908. The molecule has 0 bridgehead atoms. The second-order valence-corrected chi connectivity index (χ2v) is 6.04. The summed E-state index contributed by atoms with van der Waals surface area (Å²) in [6.45, 7) is 7.91. The molecule has 6 heteroatoms. The largest absolute Gasteiger partial charge is 0.383 e. The highest BCUT2D eigenvalue weighted by atomic mass is 16.5. The van der Waals surface area contributed by atoms with E-state index in [1.54, 1.807) is 12.0 Å². The van der Waals surface area contributed by atoms with Gasteiger partial charge in [0.05, 0.1) is 23.7 Å². The highest BCUT2D eigenvalue weighted by Crippen LogP contribution is 2.13. The average molecular weight is 332 g/mol. The summed E-state index contributed by atoms with van der Waals surface area (Å²) >= 11 is 0. The van der Waals surface area contributed by atoms with Crippen LogP contribution in [-0.4, -0.2) is 53.7 Å². The van der Waals surface area contributed by atoms with E-state index in [9.17, 15) is 4.79 Å². The fourth-order valence-electron chi connectivity index (χ4n) is 2.67. The Bertz CT molecular complexity index is 668. The van der Waals surface area contributed by atoms with E-state index in [0.717, 1.165) is 23.3 Å². The number of fused-ring (bicyclic) bond motifs is 1. The van der Waals surface area contributed by atoms with Gasteiger partial charge in [0, 0.05) is 26.6 Å². The lowest BCUT2D eigenvalue weighted by atomic mass is 10.2. The molecule has 0 radical (unpaired) electrons. The third kappa shape index (κ3) is 4.71. The molecule has 132 valence electrons. The first kappa shape index (κ1) is 18.3. The molecule has 0 saturated heterocycles. The van der Waals surface area contributed by atoms with Crippen molar-refractivity contribution in [3.8, 4) is 0 Å². The molecule has 0 aliphatic carbocycles. The van der Waals surface area contributed by atoms with Gasteiger partial charge in [0.15, 0.2) is 0 Å². The molecule has 0 aliphatic heterocycles. The smallest absolute Gasteiger partial charge is 0.317 e. The van der Waals surface area contributed by atoms with Crippen LogP contribution in [0.4, 0.5) is 4.79 Å². The van der Waals surface area contributed by atoms with E-state index >= 15 is 0 Å². The van der Waals surface area contributed by atoms with Crippen molar-refractivity contribution in [1.29, 1.82) is 0 Å². The Kier molecular flexibility index (Phi) is 6.61. The normalized spacial score (nSPS) is 12.3. The number of imidazole rings is 1. The van der Waals surface area contributed by atoms with Gasteiger partial charge in [-0.1, -0.05) is 13.0 Å². The lowest BCUT2D eigenvalue weighted by Gasteiger charge is -2.24. The van der Waals surface area contributed by atoms with Gasteiger partial charge in [-0.3, -0.25) is 0 Å². The first-order valence-electron chi connectivity index (χ1n) is 8.57. The SMILES string of the molecule is CC[C@H](COC)NC(=O)N(CC)CCc1nc2ccc(C)cc2[nH]1. The van der Waals surface area contributed by atoms with Gasteiger partial charge in [-0.15, -0.1) is 0 Å². The number of carbonyl (C=O) groups is 1. The van der Waals surface area contributed by atoms with Crippen LogP contribution in [0.1, 0.15) is 31.7 Å². The van der Waals surface area contributed by atoms with Crippen molar-refractivity contribution < 1.29 is 9.53 Å². The van der Waals surface area contributed by atoms with Crippen LogP contribution in [0.2, 0.25) is 0 Å². The summed E-state index contributed by atoms with van der Waals surface area (Å²) in [5, 5.41) is 3.02. The number of nitrogens with zero attached hydrogens (tertiary/aromatic N) is 2. The van der Waals surface area contributed by atoms with E-state index in [4.69, 9.17) is 4.74 Å². The summed E-state index contributed by atoms with van der Waals surface area (Å²) in [6, 6.07) is 6.16.